The summed E-state index contributed by atoms with van der Waals surface area (Å²) in [5.74, 6) is 0. The molecule has 0 atom stereocenters. The normalized spacial score (nSPS) is 1.20. The van der Waals surface area contributed by atoms with Crippen LogP contribution < -0.4 is 0 Å². The van der Waals surface area contributed by atoms with Gasteiger partial charge in [0.1, 0.15) is 0 Å². The molecular weight excluding hydrogens is 227 g/mol. The van der Waals surface area contributed by atoms with E-state index in [1.165, 1.54) is 0 Å². The topological polar surface area (TPSA) is 0 Å². The zero-order valence-electron chi connectivity index (χ0n) is 4.21. The van der Waals surface area contributed by atoms with Crippen molar-refractivity contribution in [1.82, 2.24) is 0 Å². The Morgan fingerprint density at radius 1 is 1.00 bits per heavy atom. The molecule has 0 fully saturated rings. The molecule has 0 aliphatic carbocycles. The van der Waals surface area contributed by atoms with Crippen LogP contribution in [0.15, 0.2) is 0 Å². The molecule has 0 spiro atoms. The summed E-state index contributed by atoms with van der Waals surface area (Å²) in [5, 5.41) is 0. The zero-order chi connectivity index (χ0) is 2.00. The summed E-state index contributed by atoms with van der Waals surface area (Å²) in [5.41, 5.74) is 0. The Morgan fingerprint density at radius 3 is 1.00 bits per heavy atom. The third-order valence-corrected chi connectivity index (χ3v) is 0. The Morgan fingerprint density at radius 2 is 1.00 bits per heavy atom. The standard InChI is InChI=1S/C2H5.2CH3.Hf/c1-2;;;/h1H2,2H3;2*1H3;/q3*-1;+4. The Bertz CT molecular complexity index is 3.61. The van der Waals surface area contributed by atoms with Crippen LogP contribution in [0.3, 0.4) is 0 Å². The SMILES string of the molecule is [CH2-]C.[CH3-].[CH3-].[Hf+4]. The van der Waals surface area contributed by atoms with Crippen molar-refractivity contribution in [2.24, 2.45) is 0 Å². The molecule has 5 heavy (non-hydrogen) atoms. The first kappa shape index (κ1) is 39.8. The van der Waals surface area contributed by atoms with Crippen molar-refractivity contribution in [2.75, 3.05) is 0 Å². The van der Waals surface area contributed by atoms with E-state index in [2.05, 4.69) is 6.92 Å². The third kappa shape index (κ3) is 53.0. The second kappa shape index (κ2) is 96.3. The van der Waals surface area contributed by atoms with Gasteiger partial charge in [-0.2, -0.15) is 6.92 Å². The Hall–Kier alpha value is 0.870. The van der Waals surface area contributed by atoms with E-state index in [9.17, 15) is 0 Å². The fourth-order valence-corrected chi connectivity index (χ4v) is 0. The van der Waals surface area contributed by atoms with E-state index >= 15 is 0 Å². The number of hydrogen-bond donors (Lipinski definition) is 0. The quantitative estimate of drug-likeness (QED) is 0.445. The molecule has 0 aliphatic rings. The Balaban J connectivity index is -0.00000000167. The van der Waals surface area contributed by atoms with Crippen LogP contribution in [0.2, 0.25) is 0 Å². The predicted octanol–water partition coefficient (Wildman–Crippen LogP) is 1.74. The van der Waals surface area contributed by atoms with Gasteiger partial charge in [0.25, 0.3) is 0 Å². The van der Waals surface area contributed by atoms with Gasteiger partial charge in [-0.15, -0.1) is 0 Å². The molecule has 0 bridgehead atoms. The molecule has 0 aliphatic heterocycles. The van der Waals surface area contributed by atoms with E-state index in [1.807, 2.05) is 0 Å². The summed E-state index contributed by atoms with van der Waals surface area (Å²) >= 11 is 0. The molecule has 0 aromatic rings. The van der Waals surface area contributed by atoms with Crippen LogP contribution in [0, 0.1) is 21.8 Å². The minimum atomic E-state index is 0. The molecule has 0 amide bonds. The van der Waals surface area contributed by atoms with Gasteiger partial charge in [0, 0.05) is 0 Å². The summed E-state index contributed by atoms with van der Waals surface area (Å²) in [6.07, 6.45) is 0. The van der Waals surface area contributed by atoms with E-state index in [-0.39, 0.29) is 40.7 Å². The summed E-state index contributed by atoms with van der Waals surface area (Å²) in [7, 11) is 0. The Kier molecular flexibility index (Phi) is 767. The minimum Gasteiger partial charge on any atom is -0.358 e. The molecule has 30 valence electrons. The molecule has 0 N–H and O–H groups in total. The third-order valence-electron chi connectivity index (χ3n) is 0. The van der Waals surface area contributed by atoms with Crippen molar-refractivity contribution in [1.29, 1.82) is 0 Å². The van der Waals surface area contributed by atoms with Crippen molar-refractivity contribution in [3.8, 4) is 0 Å². The van der Waals surface area contributed by atoms with Crippen molar-refractivity contribution in [3.63, 3.8) is 0 Å². The molecule has 0 saturated heterocycles. The summed E-state index contributed by atoms with van der Waals surface area (Å²) in [6.45, 7) is 5.00. The molecule has 0 nitrogen and oxygen atoms in total. The van der Waals surface area contributed by atoms with E-state index in [4.69, 9.17) is 0 Å². The molecule has 0 heterocycles. The molecule has 0 aromatic heterocycles. The maximum absolute atomic E-state index is 3.25. The van der Waals surface area contributed by atoms with Crippen molar-refractivity contribution < 1.29 is 25.8 Å². The first-order chi connectivity index (χ1) is 1.00. The maximum Gasteiger partial charge on any atom is 4.00 e. The van der Waals surface area contributed by atoms with Gasteiger partial charge in [-0.1, -0.05) is 0 Å². The van der Waals surface area contributed by atoms with Crippen LogP contribution in [0.4, 0.5) is 0 Å². The molecule has 0 unspecified atom stereocenters. The monoisotopic (exact) mass is 239 g/mol. The van der Waals surface area contributed by atoms with Crippen LogP contribution in [0.5, 0.6) is 0 Å². The van der Waals surface area contributed by atoms with Gasteiger partial charge in [-0.25, -0.2) is 0 Å². The number of rotatable bonds is 0. The largest absolute Gasteiger partial charge is 4.00 e. The van der Waals surface area contributed by atoms with Crippen LogP contribution in [0.25, 0.3) is 0 Å². The van der Waals surface area contributed by atoms with Gasteiger partial charge < -0.3 is 21.8 Å². The van der Waals surface area contributed by atoms with Gasteiger partial charge >= 0.3 is 25.8 Å². The average molecular weight is 238 g/mol. The van der Waals surface area contributed by atoms with Gasteiger partial charge in [0.2, 0.25) is 0 Å². The molecule has 0 saturated carbocycles. The predicted molar refractivity (Wildman–Crippen MR) is 23.9 cm³/mol. The Labute approximate surface area is 54.8 Å². The van der Waals surface area contributed by atoms with Crippen molar-refractivity contribution in [2.45, 2.75) is 6.92 Å². The fourth-order valence-electron chi connectivity index (χ4n) is 0. The maximum atomic E-state index is 3.25. The number of hydrogen-bond acceptors (Lipinski definition) is 0. The van der Waals surface area contributed by atoms with E-state index in [0.29, 0.717) is 0 Å². The summed E-state index contributed by atoms with van der Waals surface area (Å²) in [4.78, 5) is 0. The second-order valence-corrected chi connectivity index (χ2v) is 0. The van der Waals surface area contributed by atoms with Crippen LogP contribution in [-0.2, 0) is 25.8 Å². The molecule has 0 aromatic carbocycles. The molecular formula is C4H11Hf+. The van der Waals surface area contributed by atoms with E-state index in [0.717, 1.165) is 0 Å². The second-order valence-electron chi connectivity index (χ2n) is 0. The van der Waals surface area contributed by atoms with E-state index < -0.39 is 0 Å². The summed E-state index contributed by atoms with van der Waals surface area (Å²) in [6, 6.07) is 0. The van der Waals surface area contributed by atoms with Crippen LogP contribution in [0.1, 0.15) is 6.92 Å². The minimum absolute atomic E-state index is 0. The zero-order valence-corrected chi connectivity index (χ0v) is 7.80. The van der Waals surface area contributed by atoms with Crippen molar-refractivity contribution >= 4 is 0 Å². The first-order valence-electron chi connectivity index (χ1n) is 0.707. The van der Waals surface area contributed by atoms with Gasteiger partial charge in [0.05, 0.1) is 0 Å². The molecule has 0 radical (unpaired) electrons. The first-order valence-corrected chi connectivity index (χ1v) is 0.707. The van der Waals surface area contributed by atoms with Gasteiger partial charge in [-0.05, 0) is 0 Å². The average Bonchev–Trinajstić information content (AvgIpc) is 1.00. The van der Waals surface area contributed by atoms with E-state index in [1.54, 1.807) is 6.92 Å². The summed E-state index contributed by atoms with van der Waals surface area (Å²) < 4.78 is 0. The molecule has 1 heteroatoms. The smallest absolute Gasteiger partial charge is 0.358 e. The van der Waals surface area contributed by atoms with Crippen LogP contribution in [-0.4, -0.2) is 0 Å². The van der Waals surface area contributed by atoms with Crippen molar-refractivity contribution in [3.05, 3.63) is 21.8 Å². The van der Waals surface area contributed by atoms with Gasteiger partial charge in [0.15, 0.2) is 0 Å². The fraction of sp³-hybridized carbons (Fsp3) is 0.250. The molecule has 0 rings (SSSR count). The van der Waals surface area contributed by atoms with Crippen LogP contribution >= 0.6 is 0 Å². The van der Waals surface area contributed by atoms with Gasteiger partial charge in [-0.3, -0.25) is 0 Å².